The highest BCUT2D eigenvalue weighted by molar-refractivity contribution is 7.89. The maximum absolute atomic E-state index is 12.9. The van der Waals surface area contributed by atoms with Crippen molar-refractivity contribution in [1.82, 2.24) is 9.21 Å². The summed E-state index contributed by atoms with van der Waals surface area (Å²) in [5.41, 5.74) is 1.11. The second-order valence-corrected chi connectivity index (χ2v) is 10.9. The molecule has 0 unspecified atom stereocenters. The highest BCUT2D eigenvalue weighted by atomic mass is 32.2. The van der Waals surface area contributed by atoms with Gasteiger partial charge in [-0.1, -0.05) is 6.92 Å². The fourth-order valence-electron chi connectivity index (χ4n) is 4.33. The van der Waals surface area contributed by atoms with Crippen LogP contribution in [0, 0.1) is 5.92 Å². The fraction of sp³-hybridized carbons (Fsp3) is 0.480. The standard InChI is InChI=1S/C25H33N3O5S/c1-20-11-13-28(14-12-20)34(30,31)24-9-7-23(8-10-24)33-19-25(29)27-17-15-26(16-18-27)21-3-5-22(32-2)6-4-21/h3-10,20H,11-19H2,1-2H3. The second-order valence-electron chi connectivity index (χ2n) is 8.91. The Morgan fingerprint density at radius 1 is 0.882 bits per heavy atom. The van der Waals surface area contributed by atoms with E-state index in [4.69, 9.17) is 9.47 Å². The Morgan fingerprint density at radius 3 is 2.06 bits per heavy atom. The van der Waals surface area contributed by atoms with Crippen LogP contribution in [0.2, 0.25) is 0 Å². The lowest BCUT2D eigenvalue weighted by atomic mass is 10.0. The number of sulfonamides is 1. The van der Waals surface area contributed by atoms with Gasteiger partial charge in [0.2, 0.25) is 10.0 Å². The van der Waals surface area contributed by atoms with Crippen molar-refractivity contribution in [2.45, 2.75) is 24.7 Å². The molecule has 0 saturated carbocycles. The van der Waals surface area contributed by atoms with Crippen molar-refractivity contribution in [2.24, 2.45) is 5.92 Å². The van der Waals surface area contributed by atoms with Crippen LogP contribution in [0.3, 0.4) is 0 Å². The minimum absolute atomic E-state index is 0.0708. The van der Waals surface area contributed by atoms with E-state index in [1.54, 1.807) is 40.6 Å². The Bertz CT molecular complexity index is 1060. The Labute approximate surface area is 202 Å². The van der Waals surface area contributed by atoms with E-state index < -0.39 is 10.0 Å². The lowest BCUT2D eigenvalue weighted by molar-refractivity contribution is -0.133. The van der Waals surface area contributed by atoms with E-state index >= 15 is 0 Å². The van der Waals surface area contributed by atoms with Crippen LogP contribution in [0.5, 0.6) is 11.5 Å². The molecular formula is C25H33N3O5S. The molecule has 2 aliphatic rings. The summed E-state index contributed by atoms with van der Waals surface area (Å²) in [5.74, 6) is 1.79. The van der Waals surface area contributed by atoms with E-state index in [0.29, 0.717) is 37.8 Å². The van der Waals surface area contributed by atoms with Gasteiger partial charge in [0.15, 0.2) is 6.61 Å². The summed E-state index contributed by atoms with van der Waals surface area (Å²) in [4.78, 5) is 16.9. The first-order valence-corrected chi connectivity index (χ1v) is 13.2. The molecule has 2 aromatic carbocycles. The summed E-state index contributed by atoms with van der Waals surface area (Å²) in [6, 6.07) is 14.3. The van der Waals surface area contributed by atoms with Gasteiger partial charge in [-0.05, 0) is 67.3 Å². The van der Waals surface area contributed by atoms with Crippen molar-refractivity contribution < 1.29 is 22.7 Å². The number of hydrogen-bond donors (Lipinski definition) is 0. The average molecular weight is 488 g/mol. The third-order valence-corrected chi connectivity index (χ3v) is 8.55. The van der Waals surface area contributed by atoms with Crippen LogP contribution in [0.1, 0.15) is 19.8 Å². The number of amides is 1. The minimum atomic E-state index is -3.49. The van der Waals surface area contributed by atoms with Gasteiger partial charge in [0, 0.05) is 45.0 Å². The van der Waals surface area contributed by atoms with Crippen molar-refractivity contribution in [3.8, 4) is 11.5 Å². The molecule has 0 aliphatic carbocycles. The van der Waals surface area contributed by atoms with E-state index in [0.717, 1.165) is 37.4 Å². The molecule has 0 radical (unpaired) electrons. The van der Waals surface area contributed by atoms with Gasteiger partial charge in [0.25, 0.3) is 5.91 Å². The quantitative estimate of drug-likeness (QED) is 0.598. The molecule has 2 aromatic rings. The number of nitrogens with zero attached hydrogens (tertiary/aromatic N) is 3. The van der Waals surface area contributed by atoms with Gasteiger partial charge in [0.05, 0.1) is 12.0 Å². The number of anilines is 1. The fourth-order valence-corrected chi connectivity index (χ4v) is 5.80. The van der Waals surface area contributed by atoms with Crippen LogP contribution in [0.15, 0.2) is 53.4 Å². The van der Waals surface area contributed by atoms with Crippen LogP contribution < -0.4 is 14.4 Å². The highest BCUT2D eigenvalue weighted by Crippen LogP contribution is 2.25. The molecule has 0 spiro atoms. The number of hydrogen-bond acceptors (Lipinski definition) is 6. The van der Waals surface area contributed by atoms with Gasteiger partial charge < -0.3 is 19.3 Å². The summed E-state index contributed by atoms with van der Waals surface area (Å²) in [5, 5.41) is 0. The normalized spacial score (nSPS) is 18.1. The van der Waals surface area contributed by atoms with Crippen molar-refractivity contribution in [1.29, 1.82) is 0 Å². The Hall–Kier alpha value is -2.78. The molecule has 0 N–H and O–H groups in total. The van der Waals surface area contributed by atoms with Crippen LogP contribution in [0.25, 0.3) is 0 Å². The van der Waals surface area contributed by atoms with Crippen LogP contribution in [-0.4, -0.2) is 76.5 Å². The molecule has 4 rings (SSSR count). The molecule has 9 heteroatoms. The first-order chi connectivity index (χ1) is 16.4. The molecule has 2 heterocycles. The minimum Gasteiger partial charge on any atom is -0.497 e. The topological polar surface area (TPSA) is 79.4 Å². The van der Waals surface area contributed by atoms with Gasteiger partial charge in [-0.25, -0.2) is 8.42 Å². The first-order valence-electron chi connectivity index (χ1n) is 11.8. The molecule has 1 amide bonds. The van der Waals surface area contributed by atoms with Crippen molar-refractivity contribution >= 4 is 21.6 Å². The molecule has 2 aliphatic heterocycles. The highest BCUT2D eigenvalue weighted by Gasteiger charge is 2.28. The SMILES string of the molecule is COc1ccc(N2CCN(C(=O)COc3ccc(S(=O)(=O)N4CCC(C)CC4)cc3)CC2)cc1. The molecule has 184 valence electrons. The molecule has 8 nitrogen and oxygen atoms in total. The predicted octanol–water partition coefficient (Wildman–Crippen LogP) is 2.84. The zero-order valence-electron chi connectivity index (χ0n) is 19.9. The molecule has 2 saturated heterocycles. The lowest BCUT2D eigenvalue weighted by Gasteiger charge is -2.36. The van der Waals surface area contributed by atoms with E-state index in [2.05, 4.69) is 11.8 Å². The zero-order chi connectivity index (χ0) is 24.1. The number of benzene rings is 2. The third-order valence-electron chi connectivity index (χ3n) is 6.64. The van der Waals surface area contributed by atoms with E-state index in [1.807, 2.05) is 24.3 Å². The number of ether oxygens (including phenoxy) is 2. The Kier molecular flexibility index (Phi) is 7.63. The molecule has 2 fully saturated rings. The van der Waals surface area contributed by atoms with Gasteiger partial charge in [0.1, 0.15) is 11.5 Å². The first kappa shape index (κ1) is 24.3. The number of carbonyl (C=O) groups excluding carboxylic acids is 1. The van der Waals surface area contributed by atoms with Crippen molar-refractivity contribution in [3.05, 3.63) is 48.5 Å². The van der Waals surface area contributed by atoms with E-state index in [-0.39, 0.29) is 17.4 Å². The smallest absolute Gasteiger partial charge is 0.260 e. The van der Waals surface area contributed by atoms with Crippen molar-refractivity contribution in [2.75, 3.05) is 57.9 Å². The molecule has 0 bridgehead atoms. The summed E-state index contributed by atoms with van der Waals surface area (Å²) < 4.78 is 38.1. The van der Waals surface area contributed by atoms with Gasteiger partial charge >= 0.3 is 0 Å². The van der Waals surface area contributed by atoms with Gasteiger partial charge in [-0.2, -0.15) is 4.31 Å². The van der Waals surface area contributed by atoms with Gasteiger partial charge in [-0.15, -0.1) is 0 Å². The number of piperazine rings is 1. The summed E-state index contributed by atoms with van der Waals surface area (Å²) >= 11 is 0. The second kappa shape index (κ2) is 10.7. The Balaban J connectivity index is 1.25. The number of carbonyl (C=O) groups is 1. The maximum Gasteiger partial charge on any atom is 0.260 e. The van der Waals surface area contributed by atoms with E-state index in [1.165, 1.54) is 0 Å². The summed E-state index contributed by atoms with van der Waals surface area (Å²) in [7, 11) is -1.85. The summed E-state index contributed by atoms with van der Waals surface area (Å²) in [6.07, 6.45) is 1.77. The maximum atomic E-state index is 12.9. The molecular weight excluding hydrogens is 454 g/mol. The third kappa shape index (κ3) is 5.64. The van der Waals surface area contributed by atoms with Crippen LogP contribution in [0.4, 0.5) is 5.69 Å². The lowest BCUT2D eigenvalue weighted by Crippen LogP contribution is -2.50. The zero-order valence-corrected chi connectivity index (χ0v) is 20.7. The van der Waals surface area contributed by atoms with Crippen LogP contribution in [-0.2, 0) is 14.8 Å². The Morgan fingerprint density at radius 2 is 1.47 bits per heavy atom. The largest absolute Gasteiger partial charge is 0.497 e. The monoisotopic (exact) mass is 487 g/mol. The van der Waals surface area contributed by atoms with Crippen molar-refractivity contribution in [3.63, 3.8) is 0 Å². The van der Waals surface area contributed by atoms with Gasteiger partial charge in [-0.3, -0.25) is 4.79 Å². The summed E-state index contributed by atoms with van der Waals surface area (Å²) in [6.45, 7) is 5.94. The van der Waals surface area contributed by atoms with Crippen LogP contribution >= 0.6 is 0 Å². The average Bonchev–Trinajstić information content (AvgIpc) is 2.88. The molecule has 0 atom stereocenters. The molecule has 34 heavy (non-hydrogen) atoms. The number of methoxy groups -OCH3 is 1. The molecule has 0 aromatic heterocycles. The number of rotatable bonds is 7. The van der Waals surface area contributed by atoms with E-state index in [9.17, 15) is 13.2 Å². The number of piperidine rings is 1. The predicted molar refractivity (Wildman–Crippen MR) is 131 cm³/mol.